The van der Waals surface area contributed by atoms with Crippen LogP contribution in [0.4, 0.5) is 0 Å². The van der Waals surface area contributed by atoms with Gasteiger partial charge in [-0.3, -0.25) is 4.79 Å². The average molecular weight is 360 g/mol. The lowest BCUT2D eigenvalue weighted by molar-refractivity contribution is 0.0594. The summed E-state index contributed by atoms with van der Waals surface area (Å²) in [4.78, 5) is 30.1. The van der Waals surface area contributed by atoms with E-state index in [-0.39, 0.29) is 24.0 Å². The van der Waals surface area contributed by atoms with Gasteiger partial charge < -0.3 is 18.8 Å². The largest absolute Gasteiger partial charge is 0.464 e. The van der Waals surface area contributed by atoms with Crippen molar-refractivity contribution in [3.05, 3.63) is 53.2 Å². The fourth-order valence-electron chi connectivity index (χ4n) is 2.46. The number of carbonyl (C=O) groups excluding carboxylic acids is 2. The van der Waals surface area contributed by atoms with Gasteiger partial charge in [0.25, 0.3) is 5.91 Å². The van der Waals surface area contributed by atoms with Crippen LogP contribution in [0.2, 0.25) is 0 Å². The molecular weight excluding hydrogens is 336 g/mol. The highest BCUT2D eigenvalue weighted by atomic mass is 16.5. The molecule has 0 aliphatic rings. The van der Waals surface area contributed by atoms with E-state index in [9.17, 15) is 9.59 Å². The van der Waals surface area contributed by atoms with Gasteiger partial charge in [0.2, 0.25) is 5.89 Å². The van der Waals surface area contributed by atoms with Crippen LogP contribution < -0.4 is 0 Å². The Kier molecular flexibility index (Phi) is 7.35. The van der Waals surface area contributed by atoms with E-state index in [2.05, 4.69) is 16.6 Å². The standard InChI is InChI=1S/C19H24N2O5/c1-4-14-6-8-15(9-7-14)18(22)21(10-5-11-24-2)12-17-20-16(13-26-17)19(23)25-3/h6-9,13H,4-5,10-12H2,1-3H3. The number of nitrogens with zero attached hydrogens (tertiary/aromatic N) is 2. The van der Waals surface area contributed by atoms with Gasteiger partial charge >= 0.3 is 5.97 Å². The van der Waals surface area contributed by atoms with E-state index < -0.39 is 5.97 Å². The van der Waals surface area contributed by atoms with Crippen LogP contribution in [0.25, 0.3) is 0 Å². The second-order valence-corrected chi connectivity index (χ2v) is 5.74. The van der Waals surface area contributed by atoms with Gasteiger partial charge in [-0.25, -0.2) is 9.78 Å². The summed E-state index contributed by atoms with van der Waals surface area (Å²) in [5, 5.41) is 0. The minimum absolute atomic E-state index is 0.0825. The van der Waals surface area contributed by atoms with Crippen molar-refractivity contribution in [3.63, 3.8) is 0 Å². The predicted octanol–water partition coefficient (Wildman–Crippen LogP) is 2.70. The number of hydrogen-bond acceptors (Lipinski definition) is 6. The van der Waals surface area contributed by atoms with E-state index in [1.807, 2.05) is 24.3 Å². The van der Waals surface area contributed by atoms with Gasteiger partial charge in [-0.1, -0.05) is 19.1 Å². The Balaban J connectivity index is 2.14. The fourth-order valence-corrected chi connectivity index (χ4v) is 2.46. The summed E-state index contributed by atoms with van der Waals surface area (Å²) < 4.78 is 15.0. The molecule has 0 bridgehead atoms. The van der Waals surface area contributed by atoms with Gasteiger partial charge in [-0.05, 0) is 30.5 Å². The molecule has 0 aliphatic heterocycles. The van der Waals surface area contributed by atoms with Crippen LogP contribution in [0.3, 0.4) is 0 Å². The Morgan fingerprint density at radius 3 is 2.54 bits per heavy atom. The van der Waals surface area contributed by atoms with Crippen LogP contribution in [0.1, 0.15) is 45.6 Å². The zero-order valence-corrected chi connectivity index (χ0v) is 15.4. The number of aryl methyl sites for hydroxylation is 1. The predicted molar refractivity (Wildman–Crippen MR) is 94.9 cm³/mol. The fraction of sp³-hybridized carbons (Fsp3) is 0.421. The number of hydrogen-bond donors (Lipinski definition) is 0. The molecule has 0 radical (unpaired) electrons. The molecule has 7 heteroatoms. The Labute approximate surface area is 152 Å². The highest BCUT2D eigenvalue weighted by Gasteiger charge is 2.20. The number of carbonyl (C=O) groups is 2. The average Bonchev–Trinajstić information content (AvgIpc) is 3.15. The van der Waals surface area contributed by atoms with Crippen LogP contribution >= 0.6 is 0 Å². The quantitative estimate of drug-likeness (QED) is 0.505. The summed E-state index contributed by atoms with van der Waals surface area (Å²) in [6.07, 6.45) is 2.83. The van der Waals surface area contributed by atoms with Crippen LogP contribution in [-0.2, 0) is 22.4 Å². The summed E-state index contributed by atoms with van der Waals surface area (Å²) in [6, 6.07) is 7.53. The number of oxazole rings is 1. The zero-order valence-electron chi connectivity index (χ0n) is 15.4. The molecule has 0 N–H and O–H groups in total. The third-order valence-corrected chi connectivity index (χ3v) is 3.95. The SMILES string of the molecule is CCc1ccc(C(=O)N(CCCOC)Cc2nc(C(=O)OC)co2)cc1. The topological polar surface area (TPSA) is 81.9 Å². The monoisotopic (exact) mass is 360 g/mol. The third-order valence-electron chi connectivity index (χ3n) is 3.95. The second kappa shape index (κ2) is 9.72. The highest BCUT2D eigenvalue weighted by molar-refractivity contribution is 5.94. The number of amides is 1. The maximum atomic E-state index is 12.9. The number of ether oxygens (including phenoxy) is 2. The lowest BCUT2D eigenvalue weighted by Crippen LogP contribution is -2.32. The van der Waals surface area contributed by atoms with Crippen molar-refractivity contribution in [2.45, 2.75) is 26.3 Å². The van der Waals surface area contributed by atoms with Gasteiger partial charge in [0, 0.05) is 25.8 Å². The smallest absolute Gasteiger partial charge is 0.360 e. The summed E-state index contributed by atoms with van der Waals surface area (Å²) in [5.74, 6) is -0.421. The summed E-state index contributed by atoms with van der Waals surface area (Å²) in [6.45, 7) is 3.25. The van der Waals surface area contributed by atoms with E-state index in [0.29, 0.717) is 25.1 Å². The molecular formula is C19H24N2O5. The van der Waals surface area contributed by atoms with E-state index in [1.165, 1.54) is 18.9 Å². The van der Waals surface area contributed by atoms with Crippen molar-refractivity contribution in [2.24, 2.45) is 0 Å². The van der Waals surface area contributed by atoms with E-state index in [1.54, 1.807) is 12.0 Å². The first kappa shape index (κ1) is 19.7. The molecule has 2 rings (SSSR count). The van der Waals surface area contributed by atoms with Crippen LogP contribution in [0, 0.1) is 0 Å². The van der Waals surface area contributed by atoms with Gasteiger partial charge in [-0.15, -0.1) is 0 Å². The van der Waals surface area contributed by atoms with Crippen molar-refractivity contribution in [1.29, 1.82) is 0 Å². The van der Waals surface area contributed by atoms with Crippen molar-refractivity contribution in [2.75, 3.05) is 27.4 Å². The van der Waals surface area contributed by atoms with Gasteiger partial charge in [-0.2, -0.15) is 0 Å². The second-order valence-electron chi connectivity index (χ2n) is 5.74. The van der Waals surface area contributed by atoms with Gasteiger partial charge in [0.15, 0.2) is 5.69 Å². The molecule has 0 atom stereocenters. The Morgan fingerprint density at radius 1 is 1.19 bits per heavy atom. The molecule has 0 saturated heterocycles. The molecule has 1 heterocycles. The van der Waals surface area contributed by atoms with Crippen molar-refractivity contribution < 1.29 is 23.5 Å². The minimum atomic E-state index is -0.576. The van der Waals surface area contributed by atoms with Crippen LogP contribution in [0.5, 0.6) is 0 Å². The van der Waals surface area contributed by atoms with Gasteiger partial charge in [0.1, 0.15) is 6.26 Å². The Hall–Kier alpha value is -2.67. The van der Waals surface area contributed by atoms with Crippen LogP contribution in [0.15, 0.2) is 34.9 Å². The summed E-state index contributed by atoms with van der Waals surface area (Å²) in [7, 11) is 2.89. The van der Waals surface area contributed by atoms with Gasteiger partial charge in [0.05, 0.1) is 13.7 Å². The van der Waals surface area contributed by atoms with Crippen LogP contribution in [-0.4, -0.2) is 49.1 Å². The number of methoxy groups -OCH3 is 2. The molecule has 1 aromatic heterocycles. The van der Waals surface area contributed by atoms with Crippen molar-refractivity contribution in [3.8, 4) is 0 Å². The molecule has 0 aliphatic carbocycles. The number of esters is 1. The maximum absolute atomic E-state index is 12.9. The molecule has 0 spiro atoms. The lowest BCUT2D eigenvalue weighted by atomic mass is 10.1. The van der Waals surface area contributed by atoms with E-state index >= 15 is 0 Å². The molecule has 0 fully saturated rings. The molecule has 0 saturated carbocycles. The maximum Gasteiger partial charge on any atom is 0.360 e. The van der Waals surface area contributed by atoms with E-state index in [4.69, 9.17) is 9.15 Å². The first-order valence-corrected chi connectivity index (χ1v) is 8.48. The molecule has 26 heavy (non-hydrogen) atoms. The number of aromatic nitrogens is 1. The molecule has 2 aromatic rings. The van der Waals surface area contributed by atoms with Crippen molar-refractivity contribution >= 4 is 11.9 Å². The molecule has 1 amide bonds. The highest BCUT2D eigenvalue weighted by Crippen LogP contribution is 2.13. The van der Waals surface area contributed by atoms with E-state index in [0.717, 1.165) is 6.42 Å². The molecule has 140 valence electrons. The minimum Gasteiger partial charge on any atom is -0.464 e. The van der Waals surface area contributed by atoms with Crippen molar-refractivity contribution in [1.82, 2.24) is 9.88 Å². The molecule has 7 nitrogen and oxygen atoms in total. The lowest BCUT2D eigenvalue weighted by Gasteiger charge is -2.21. The molecule has 0 unspecified atom stereocenters. The Morgan fingerprint density at radius 2 is 1.92 bits per heavy atom. The first-order valence-electron chi connectivity index (χ1n) is 8.48. The third kappa shape index (κ3) is 5.16. The molecule has 1 aromatic carbocycles. The first-order chi connectivity index (χ1) is 12.6. The number of rotatable bonds is 9. The summed E-state index contributed by atoms with van der Waals surface area (Å²) in [5.41, 5.74) is 1.85. The summed E-state index contributed by atoms with van der Waals surface area (Å²) >= 11 is 0. The normalized spacial score (nSPS) is 10.6. The number of benzene rings is 1. The Bertz CT molecular complexity index is 724. The zero-order chi connectivity index (χ0) is 18.9.